The maximum absolute atomic E-state index is 13.8. The summed E-state index contributed by atoms with van der Waals surface area (Å²) in [4.78, 5) is 58.8. The Hall–Kier alpha value is -4.51. The van der Waals surface area contributed by atoms with Gasteiger partial charge in [0, 0.05) is 37.3 Å². The zero-order chi connectivity index (χ0) is 30.4. The van der Waals surface area contributed by atoms with Crippen molar-refractivity contribution in [2.24, 2.45) is 7.05 Å². The van der Waals surface area contributed by atoms with Gasteiger partial charge in [-0.15, -0.1) is 0 Å². The SMILES string of the molecule is Cc1ccc2cc1CCCNC(=O)CN(C(=O)c1cnc(-c3ccccc3)n1C)C[C@@H](C)NC(=O)[C@H]([C@@H](C)O)NC2=O. The fraction of sp³-hybridized carbons (Fsp3) is 0.387. The van der Waals surface area contributed by atoms with Crippen LogP contribution in [0.2, 0.25) is 0 Å². The predicted molar refractivity (Wildman–Crippen MR) is 158 cm³/mol. The molecule has 0 spiro atoms. The highest BCUT2D eigenvalue weighted by Gasteiger charge is 2.30. The highest BCUT2D eigenvalue weighted by atomic mass is 16.3. The number of amides is 4. The number of fused-ring (bicyclic) bond motifs is 2. The van der Waals surface area contributed by atoms with Crippen LogP contribution in [-0.4, -0.2) is 81.0 Å². The van der Waals surface area contributed by atoms with E-state index in [2.05, 4.69) is 20.9 Å². The second-order valence-electron chi connectivity index (χ2n) is 10.8. The van der Waals surface area contributed by atoms with Gasteiger partial charge in [0.25, 0.3) is 11.8 Å². The Labute approximate surface area is 245 Å². The predicted octanol–water partition coefficient (Wildman–Crippen LogP) is 1.58. The van der Waals surface area contributed by atoms with Crippen molar-refractivity contribution in [1.82, 2.24) is 30.4 Å². The first-order valence-electron chi connectivity index (χ1n) is 14.1. The Morgan fingerprint density at radius 3 is 2.52 bits per heavy atom. The van der Waals surface area contributed by atoms with Crippen LogP contribution in [0.5, 0.6) is 0 Å². The number of aromatic nitrogens is 2. The molecule has 0 unspecified atom stereocenters. The fourth-order valence-corrected chi connectivity index (χ4v) is 5.00. The number of rotatable bonds is 3. The number of aryl methyl sites for hydroxylation is 2. The van der Waals surface area contributed by atoms with Gasteiger partial charge in [-0.05, 0) is 56.9 Å². The van der Waals surface area contributed by atoms with Crippen LogP contribution >= 0.6 is 0 Å². The third-order valence-corrected chi connectivity index (χ3v) is 7.35. The first-order chi connectivity index (χ1) is 20.0. The molecule has 4 N–H and O–H groups in total. The van der Waals surface area contributed by atoms with Crippen molar-refractivity contribution in [3.8, 4) is 11.4 Å². The summed E-state index contributed by atoms with van der Waals surface area (Å²) in [5.41, 5.74) is 3.44. The van der Waals surface area contributed by atoms with E-state index < -0.39 is 35.9 Å². The number of hydrogen-bond donors (Lipinski definition) is 4. The Kier molecular flexibility index (Phi) is 9.74. The Morgan fingerprint density at radius 2 is 1.81 bits per heavy atom. The van der Waals surface area contributed by atoms with Crippen molar-refractivity contribution in [3.63, 3.8) is 0 Å². The van der Waals surface area contributed by atoms with E-state index in [-0.39, 0.29) is 24.7 Å². The van der Waals surface area contributed by atoms with Gasteiger partial charge in [-0.3, -0.25) is 19.2 Å². The minimum absolute atomic E-state index is 0.00426. The summed E-state index contributed by atoms with van der Waals surface area (Å²) < 4.78 is 1.68. The molecule has 1 aromatic heterocycles. The van der Waals surface area contributed by atoms with Crippen molar-refractivity contribution in [2.75, 3.05) is 19.6 Å². The lowest BCUT2D eigenvalue weighted by atomic mass is 10.00. The number of carbonyl (C=O) groups excluding carboxylic acids is 4. The molecule has 1 aliphatic rings. The molecular weight excluding hydrogens is 536 g/mol. The van der Waals surface area contributed by atoms with Crippen LogP contribution in [-0.2, 0) is 23.1 Å². The lowest BCUT2D eigenvalue weighted by molar-refractivity contribution is -0.126. The Bertz CT molecular complexity index is 1450. The van der Waals surface area contributed by atoms with Crippen molar-refractivity contribution in [3.05, 3.63) is 77.1 Å². The smallest absolute Gasteiger partial charge is 0.272 e. The van der Waals surface area contributed by atoms with E-state index in [4.69, 9.17) is 0 Å². The number of aliphatic hydroxyl groups excluding tert-OH is 1. The maximum Gasteiger partial charge on any atom is 0.272 e. The number of benzene rings is 2. The number of imidazole rings is 1. The quantitative estimate of drug-likeness (QED) is 0.374. The number of nitrogens with zero attached hydrogens (tertiary/aromatic N) is 3. The monoisotopic (exact) mass is 574 g/mol. The van der Waals surface area contributed by atoms with E-state index in [1.54, 1.807) is 30.7 Å². The number of carbonyl (C=O) groups is 4. The van der Waals surface area contributed by atoms with Gasteiger partial charge in [-0.25, -0.2) is 4.98 Å². The van der Waals surface area contributed by atoms with Crippen LogP contribution in [0, 0.1) is 6.92 Å². The lowest BCUT2D eigenvalue weighted by Gasteiger charge is -2.28. The summed E-state index contributed by atoms with van der Waals surface area (Å²) in [6.07, 6.45) is 1.54. The standard InChI is InChI=1S/C31H38N6O5/c1-19-12-13-24-15-23(19)11-8-14-32-26(39)18-37(17-20(2)34-30(41)27(21(3)38)35-29(24)40)31(42)25-16-33-28(36(25)4)22-9-6-5-7-10-22/h5-7,9-10,12-13,15-16,20-21,27,38H,8,11,14,17-18H2,1-4H3,(H,32,39)(H,34,41)(H,35,40)/t20-,21-,27+/m1/s1. The van der Waals surface area contributed by atoms with Crippen molar-refractivity contribution in [1.29, 1.82) is 0 Å². The van der Waals surface area contributed by atoms with Crippen molar-refractivity contribution < 1.29 is 24.3 Å². The Balaban J connectivity index is 1.60. The first-order valence-corrected chi connectivity index (χ1v) is 14.1. The fourth-order valence-electron chi connectivity index (χ4n) is 5.00. The van der Waals surface area contributed by atoms with Gasteiger partial charge in [-0.2, -0.15) is 0 Å². The van der Waals surface area contributed by atoms with Gasteiger partial charge in [0.15, 0.2) is 0 Å². The van der Waals surface area contributed by atoms with Crippen molar-refractivity contribution >= 4 is 23.6 Å². The summed E-state index contributed by atoms with van der Waals surface area (Å²) >= 11 is 0. The summed E-state index contributed by atoms with van der Waals surface area (Å²) in [7, 11) is 1.74. The minimum Gasteiger partial charge on any atom is -0.391 e. The van der Waals surface area contributed by atoms with E-state index >= 15 is 0 Å². The summed E-state index contributed by atoms with van der Waals surface area (Å²) in [6.45, 7) is 5.22. The van der Waals surface area contributed by atoms with Crippen LogP contribution in [0.1, 0.15) is 52.2 Å². The van der Waals surface area contributed by atoms with Gasteiger partial charge in [0.2, 0.25) is 11.8 Å². The summed E-state index contributed by atoms with van der Waals surface area (Å²) in [5, 5.41) is 18.6. The second kappa shape index (κ2) is 13.4. The maximum atomic E-state index is 13.8. The topological polar surface area (TPSA) is 146 Å². The van der Waals surface area contributed by atoms with Crippen LogP contribution in [0.25, 0.3) is 11.4 Å². The molecular formula is C31H38N6O5. The largest absolute Gasteiger partial charge is 0.391 e. The minimum atomic E-state index is -1.22. The van der Waals surface area contributed by atoms with Gasteiger partial charge in [0.05, 0.1) is 18.8 Å². The van der Waals surface area contributed by atoms with E-state index in [0.29, 0.717) is 30.8 Å². The van der Waals surface area contributed by atoms with Gasteiger partial charge < -0.3 is 30.5 Å². The molecule has 1 aliphatic heterocycles. The summed E-state index contributed by atoms with van der Waals surface area (Å²) in [5.74, 6) is -1.24. The molecule has 0 saturated carbocycles. The molecule has 2 aromatic carbocycles. The number of aliphatic hydroxyl groups is 1. The van der Waals surface area contributed by atoms with Gasteiger partial charge >= 0.3 is 0 Å². The lowest BCUT2D eigenvalue weighted by Crippen LogP contribution is -2.56. The third kappa shape index (κ3) is 7.22. The zero-order valence-corrected chi connectivity index (χ0v) is 24.4. The molecule has 0 radical (unpaired) electrons. The van der Waals surface area contributed by atoms with Crippen LogP contribution in [0.4, 0.5) is 0 Å². The average Bonchev–Trinajstić information content (AvgIpc) is 3.34. The molecule has 2 heterocycles. The highest BCUT2D eigenvalue weighted by Crippen LogP contribution is 2.19. The molecule has 0 saturated heterocycles. The molecule has 3 aromatic rings. The molecule has 0 fully saturated rings. The normalized spacial score (nSPS) is 19.7. The second-order valence-corrected chi connectivity index (χ2v) is 10.8. The molecule has 42 heavy (non-hydrogen) atoms. The molecule has 11 heteroatoms. The van der Waals surface area contributed by atoms with E-state index in [1.807, 2.05) is 43.3 Å². The molecule has 222 valence electrons. The van der Waals surface area contributed by atoms with Gasteiger partial charge in [0.1, 0.15) is 17.6 Å². The van der Waals surface area contributed by atoms with E-state index in [0.717, 1.165) is 16.7 Å². The Morgan fingerprint density at radius 1 is 1.07 bits per heavy atom. The summed E-state index contributed by atoms with van der Waals surface area (Å²) in [6, 6.07) is 12.9. The van der Waals surface area contributed by atoms with E-state index in [1.165, 1.54) is 18.0 Å². The zero-order valence-electron chi connectivity index (χ0n) is 24.4. The van der Waals surface area contributed by atoms with E-state index in [9.17, 15) is 24.3 Å². The van der Waals surface area contributed by atoms with Crippen LogP contribution < -0.4 is 16.0 Å². The van der Waals surface area contributed by atoms with Crippen LogP contribution in [0.3, 0.4) is 0 Å². The van der Waals surface area contributed by atoms with Crippen molar-refractivity contribution in [2.45, 2.75) is 51.8 Å². The van der Waals surface area contributed by atoms with Gasteiger partial charge in [-0.1, -0.05) is 36.4 Å². The average molecular weight is 575 g/mol. The molecule has 4 amide bonds. The molecule has 11 nitrogen and oxygen atoms in total. The molecule has 0 aliphatic carbocycles. The third-order valence-electron chi connectivity index (χ3n) is 7.35. The highest BCUT2D eigenvalue weighted by molar-refractivity contribution is 5.98. The number of hydrogen-bond acceptors (Lipinski definition) is 6. The molecule has 3 atom stereocenters. The van der Waals surface area contributed by atoms with Crippen LogP contribution in [0.15, 0.2) is 54.7 Å². The number of nitrogens with one attached hydrogen (secondary N) is 3. The molecule has 4 rings (SSSR count). The molecule has 2 bridgehead atoms. The first kappa shape index (κ1) is 30.4.